The van der Waals surface area contributed by atoms with Crippen molar-refractivity contribution in [2.75, 3.05) is 5.06 Å². The molecule has 0 aliphatic heterocycles. The van der Waals surface area contributed by atoms with Gasteiger partial charge < -0.3 is 0 Å². The Hall–Kier alpha value is -1.35. The van der Waals surface area contributed by atoms with Crippen molar-refractivity contribution in [3.05, 3.63) is 30.3 Å². The number of hydrogen-bond donors (Lipinski definition) is 0. The minimum atomic E-state index is -0.388. The molecule has 75 valence electrons. The number of benzene rings is 1. The van der Waals surface area contributed by atoms with Gasteiger partial charge in [0.15, 0.2) is 0 Å². The van der Waals surface area contributed by atoms with Crippen molar-refractivity contribution < 1.29 is 9.63 Å². The van der Waals surface area contributed by atoms with Crippen LogP contribution >= 0.6 is 0 Å². The van der Waals surface area contributed by atoms with Crippen LogP contribution in [-0.2, 0) is 9.63 Å². The molecule has 0 aliphatic carbocycles. The zero-order valence-electron chi connectivity index (χ0n) is 8.65. The topological polar surface area (TPSA) is 29.5 Å². The van der Waals surface area contributed by atoms with Crippen LogP contribution in [0.5, 0.6) is 0 Å². The lowest BCUT2D eigenvalue weighted by atomic mass is 10.2. The second-order valence-electron chi connectivity index (χ2n) is 3.89. The predicted molar refractivity (Wildman–Crippen MR) is 54.7 cm³/mol. The number of rotatable bonds is 3. The Morgan fingerprint density at radius 1 is 1.36 bits per heavy atom. The predicted octanol–water partition coefficient (Wildman–Crippen LogP) is 2.18. The molecular formula is C11H14NO2. The van der Waals surface area contributed by atoms with E-state index in [-0.39, 0.29) is 5.60 Å². The van der Waals surface area contributed by atoms with E-state index < -0.39 is 0 Å². The van der Waals surface area contributed by atoms with Gasteiger partial charge in [-0.05, 0) is 39.0 Å². The number of hydrogen-bond acceptors (Lipinski definition) is 2. The van der Waals surface area contributed by atoms with E-state index in [0.717, 1.165) is 0 Å². The van der Waals surface area contributed by atoms with Crippen molar-refractivity contribution in [3.8, 4) is 0 Å². The van der Waals surface area contributed by atoms with Gasteiger partial charge in [-0.25, -0.2) is 0 Å². The Morgan fingerprint density at radius 2 is 1.93 bits per heavy atom. The van der Waals surface area contributed by atoms with Gasteiger partial charge in [0.25, 0.3) is 0 Å². The quantitative estimate of drug-likeness (QED) is 0.542. The number of anilines is 1. The van der Waals surface area contributed by atoms with Crippen LogP contribution in [0.15, 0.2) is 24.3 Å². The molecule has 0 atom stereocenters. The first kappa shape index (κ1) is 10.7. The van der Waals surface area contributed by atoms with Crippen LogP contribution in [0.25, 0.3) is 0 Å². The molecule has 14 heavy (non-hydrogen) atoms. The van der Waals surface area contributed by atoms with Crippen molar-refractivity contribution >= 4 is 12.1 Å². The van der Waals surface area contributed by atoms with Crippen LogP contribution in [-0.4, -0.2) is 12.0 Å². The van der Waals surface area contributed by atoms with Crippen molar-refractivity contribution in [2.45, 2.75) is 26.4 Å². The zero-order chi connectivity index (χ0) is 10.6. The minimum Gasteiger partial charge on any atom is -0.276 e. The summed E-state index contributed by atoms with van der Waals surface area (Å²) >= 11 is 0. The van der Waals surface area contributed by atoms with E-state index in [0.29, 0.717) is 12.1 Å². The normalized spacial score (nSPS) is 11.1. The van der Waals surface area contributed by atoms with Crippen molar-refractivity contribution in [1.82, 2.24) is 0 Å². The summed E-state index contributed by atoms with van der Waals surface area (Å²) in [6.45, 7) is 5.66. The van der Waals surface area contributed by atoms with Crippen LogP contribution in [0.1, 0.15) is 20.8 Å². The van der Waals surface area contributed by atoms with Gasteiger partial charge in [0, 0.05) is 0 Å². The van der Waals surface area contributed by atoms with Crippen molar-refractivity contribution in [3.63, 3.8) is 0 Å². The highest BCUT2D eigenvalue weighted by molar-refractivity contribution is 5.71. The molecule has 1 aromatic rings. The molecule has 0 saturated heterocycles. The smallest absolute Gasteiger partial charge is 0.238 e. The standard InChI is InChI=1S/C11H14NO2/c1-11(2,3)14-12(9-13)10-7-5-4-6-8-10/h5-9H,1-3H3. The molecule has 0 saturated carbocycles. The summed E-state index contributed by atoms with van der Waals surface area (Å²) in [5.41, 5.74) is 0.314. The first-order chi connectivity index (χ1) is 6.53. The molecule has 1 amide bonds. The lowest BCUT2D eigenvalue weighted by molar-refractivity contribution is -0.120. The van der Waals surface area contributed by atoms with E-state index in [2.05, 4.69) is 6.07 Å². The molecule has 0 aromatic heterocycles. The summed E-state index contributed by atoms with van der Waals surface area (Å²) in [6, 6.07) is 9.87. The third-order valence-corrected chi connectivity index (χ3v) is 1.42. The SMILES string of the molecule is CC(C)(C)ON(C=O)c1cc[c]cc1. The van der Waals surface area contributed by atoms with Crippen LogP contribution < -0.4 is 5.06 Å². The van der Waals surface area contributed by atoms with Crippen molar-refractivity contribution in [2.24, 2.45) is 0 Å². The van der Waals surface area contributed by atoms with Gasteiger partial charge in [0.1, 0.15) is 0 Å². The first-order valence-electron chi connectivity index (χ1n) is 4.43. The molecule has 0 bridgehead atoms. The summed E-state index contributed by atoms with van der Waals surface area (Å²) in [5, 5.41) is 1.22. The van der Waals surface area contributed by atoms with Gasteiger partial charge in [-0.15, -0.1) is 0 Å². The van der Waals surface area contributed by atoms with Crippen LogP contribution in [0.3, 0.4) is 0 Å². The van der Waals surface area contributed by atoms with E-state index >= 15 is 0 Å². The largest absolute Gasteiger partial charge is 0.276 e. The molecule has 0 N–H and O–H groups in total. The van der Waals surface area contributed by atoms with E-state index in [1.165, 1.54) is 5.06 Å². The lowest BCUT2D eigenvalue weighted by Crippen LogP contribution is -2.32. The summed E-state index contributed by atoms with van der Waals surface area (Å²) in [6.07, 6.45) is 0.653. The number of amides is 1. The molecule has 1 aromatic carbocycles. The van der Waals surface area contributed by atoms with Crippen LogP contribution in [0, 0.1) is 6.07 Å². The molecule has 0 unspecified atom stereocenters. The minimum absolute atomic E-state index is 0.388. The molecule has 3 heteroatoms. The highest BCUT2D eigenvalue weighted by atomic mass is 16.7. The average molecular weight is 192 g/mol. The van der Waals surface area contributed by atoms with E-state index in [4.69, 9.17) is 4.84 Å². The Kier molecular flexibility index (Phi) is 3.25. The van der Waals surface area contributed by atoms with Gasteiger partial charge in [-0.2, -0.15) is 5.06 Å². The third kappa shape index (κ3) is 3.18. The summed E-state index contributed by atoms with van der Waals surface area (Å²) < 4.78 is 0. The summed E-state index contributed by atoms with van der Waals surface area (Å²) in [5.74, 6) is 0. The molecule has 1 radical (unpaired) electrons. The lowest BCUT2D eigenvalue weighted by Gasteiger charge is -2.26. The van der Waals surface area contributed by atoms with Gasteiger partial charge in [-0.1, -0.05) is 12.1 Å². The molecule has 0 fully saturated rings. The number of nitrogens with zero attached hydrogens (tertiary/aromatic N) is 1. The maximum absolute atomic E-state index is 10.8. The Labute approximate surface area is 84.2 Å². The number of hydroxylamine groups is 1. The van der Waals surface area contributed by atoms with E-state index in [9.17, 15) is 4.79 Å². The Balaban J connectivity index is 2.78. The highest BCUT2D eigenvalue weighted by Gasteiger charge is 2.16. The van der Waals surface area contributed by atoms with Crippen LogP contribution in [0.4, 0.5) is 5.69 Å². The molecule has 0 spiro atoms. The highest BCUT2D eigenvalue weighted by Crippen LogP contribution is 2.17. The monoisotopic (exact) mass is 192 g/mol. The van der Waals surface area contributed by atoms with E-state index in [1.807, 2.05) is 20.8 Å². The Morgan fingerprint density at radius 3 is 2.36 bits per heavy atom. The second-order valence-corrected chi connectivity index (χ2v) is 3.89. The maximum atomic E-state index is 10.8. The Bertz CT molecular complexity index is 290. The van der Waals surface area contributed by atoms with Crippen molar-refractivity contribution in [1.29, 1.82) is 0 Å². The van der Waals surface area contributed by atoms with Gasteiger partial charge in [0.05, 0.1) is 11.3 Å². The molecule has 0 heterocycles. The molecule has 1 rings (SSSR count). The average Bonchev–Trinajstić information content (AvgIpc) is 2.14. The maximum Gasteiger partial charge on any atom is 0.238 e. The fourth-order valence-corrected chi connectivity index (χ4v) is 0.955. The first-order valence-corrected chi connectivity index (χ1v) is 4.43. The van der Waals surface area contributed by atoms with Crippen LogP contribution in [0.2, 0.25) is 0 Å². The molecule has 0 aliphatic rings. The zero-order valence-corrected chi connectivity index (χ0v) is 8.65. The van der Waals surface area contributed by atoms with Gasteiger partial charge in [-0.3, -0.25) is 9.63 Å². The van der Waals surface area contributed by atoms with E-state index in [1.54, 1.807) is 24.3 Å². The fourth-order valence-electron chi connectivity index (χ4n) is 0.955. The van der Waals surface area contributed by atoms with Gasteiger partial charge >= 0.3 is 0 Å². The molecular weight excluding hydrogens is 178 g/mol. The number of carbonyl (C=O) groups is 1. The van der Waals surface area contributed by atoms with Gasteiger partial charge in [0.2, 0.25) is 6.41 Å². The second kappa shape index (κ2) is 4.24. The molecule has 3 nitrogen and oxygen atoms in total. The fraction of sp³-hybridized carbons (Fsp3) is 0.364. The number of carbonyl (C=O) groups excluding carboxylic acids is 1. The summed E-state index contributed by atoms with van der Waals surface area (Å²) in [7, 11) is 0. The third-order valence-electron chi connectivity index (χ3n) is 1.42. The summed E-state index contributed by atoms with van der Waals surface area (Å²) in [4.78, 5) is 16.2.